The normalized spacial score (nSPS) is 14.8. The first-order valence-electron chi connectivity index (χ1n) is 12.2. The summed E-state index contributed by atoms with van der Waals surface area (Å²) in [6.45, 7) is 5.10. The highest BCUT2D eigenvalue weighted by Gasteiger charge is 2.29. The van der Waals surface area contributed by atoms with Crippen LogP contribution in [-0.2, 0) is 16.1 Å². The SMILES string of the molecule is CNC(=O)[C@H](CC1CCN(C(=O)OCc2ccccc2)CC1)NC(=O)c1ccc(OC(C)C)c(Cl)c1. The molecule has 0 aliphatic carbocycles. The van der Waals surface area contributed by atoms with Crippen LogP contribution in [-0.4, -0.2) is 55.1 Å². The molecule has 2 aromatic carbocycles. The first-order valence-corrected chi connectivity index (χ1v) is 12.6. The van der Waals surface area contributed by atoms with Crippen molar-refractivity contribution in [2.45, 2.75) is 51.9 Å². The Kier molecular flexibility index (Phi) is 9.99. The Bertz CT molecular complexity index is 1040. The van der Waals surface area contributed by atoms with E-state index in [0.29, 0.717) is 35.8 Å². The van der Waals surface area contributed by atoms with Crippen LogP contribution in [0, 0.1) is 5.92 Å². The molecule has 2 aromatic rings. The van der Waals surface area contributed by atoms with Crippen molar-refractivity contribution in [2.75, 3.05) is 20.1 Å². The lowest BCUT2D eigenvalue weighted by molar-refractivity contribution is -0.123. The fourth-order valence-corrected chi connectivity index (χ4v) is 4.36. The Morgan fingerprint density at radius 2 is 1.78 bits per heavy atom. The van der Waals surface area contributed by atoms with E-state index < -0.39 is 6.04 Å². The van der Waals surface area contributed by atoms with Gasteiger partial charge in [0, 0.05) is 25.7 Å². The quantitative estimate of drug-likeness (QED) is 0.515. The molecule has 1 aliphatic rings. The Hall–Kier alpha value is -3.26. The van der Waals surface area contributed by atoms with Gasteiger partial charge in [-0.1, -0.05) is 41.9 Å². The van der Waals surface area contributed by atoms with Crippen molar-refractivity contribution in [3.05, 3.63) is 64.7 Å². The van der Waals surface area contributed by atoms with E-state index in [0.717, 1.165) is 18.4 Å². The summed E-state index contributed by atoms with van der Waals surface area (Å²) in [5.41, 5.74) is 1.29. The Morgan fingerprint density at radius 1 is 1.08 bits per heavy atom. The highest BCUT2D eigenvalue weighted by molar-refractivity contribution is 6.32. The molecule has 2 N–H and O–H groups in total. The number of rotatable bonds is 9. The average Bonchev–Trinajstić information content (AvgIpc) is 2.88. The monoisotopic (exact) mass is 515 g/mol. The molecule has 8 nitrogen and oxygen atoms in total. The number of hydrogen-bond acceptors (Lipinski definition) is 5. The lowest BCUT2D eigenvalue weighted by Crippen LogP contribution is -2.48. The van der Waals surface area contributed by atoms with E-state index in [2.05, 4.69) is 10.6 Å². The van der Waals surface area contributed by atoms with Crippen LogP contribution >= 0.6 is 11.6 Å². The summed E-state index contributed by atoms with van der Waals surface area (Å²) in [5, 5.41) is 5.80. The number of nitrogens with zero attached hydrogens (tertiary/aromatic N) is 1. The zero-order valence-electron chi connectivity index (χ0n) is 21.0. The fraction of sp³-hybridized carbons (Fsp3) is 0.444. The fourth-order valence-electron chi connectivity index (χ4n) is 4.13. The Morgan fingerprint density at radius 3 is 2.39 bits per heavy atom. The van der Waals surface area contributed by atoms with Gasteiger partial charge in [0.25, 0.3) is 5.91 Å². The zero-order valence-corrected chi connectivity index (χ0v) is 21.7. The number of benzene rings is 2. The number of likely N-dealkylation sites (N-methyl/N-ethyl adjacent to an activating group) is 1. The van der Waals surface area contributed by atoms with Crippen molar-refractivity contribution in [3.63, 3.8) is 0 Å². The van der Waals surface area contributed by atoms with Crippen molar-refractivity contribution < 1.29 is 23.9 Å². The Labute approximate surface area is 217 Å². The molecular formula is C27H34ClN3O5. The van der Waals surface area contributed by atoms with Crippen LogP contribution in [0.5, 0.6) is 5.75 Å². The van der Waals surface area contributed by atoms with Gasteiger partial charge >= 0.3 is 6.09 Å². The van der Waals surface area contributed by atoms with Gasteiger partial charge in [-0.3, -0.25) is 9.59 Å². The van der Waals surface area contributed by atoms with Crippen LogP contribution in [0.25, 0.3) is 0 Å². The highest BCUT2D eigenvalue weighted by atomic mass is 35.5. The maximum absolute atomic E-state index is 12.9. The highest BCUT2D eigenvalue weighted by Crippen LogP contribution is 2.27. The predicted octanol–water partition coefficient (Wildman–Crippen LogP) is 4.41. The van der Waals surface area contributed by atoms with Gasteiger partial charge in [-0.2, -0.15) is 0 Å². The summed E-state index contributed by atoms with van der Waals surface area (Å²) in [6.07, 6.45) is 1.53. The van der Waals surface area contributed by atoms with Crippen LogP contribution in [0.3, 0.4) is 0 Å². The smallest absolute Gasteiger partial charge is 0.410 e. The second kappa shape index (κ2) is 13.2. The second-order valence-electron chi connectivity index (χ2n) is 9.16. The van der Waals surface area contributed by atoms with Crippen molar-refractivity contribution in [2.24, 2.45) is 5.92 Å². The maximum atomic E-state index is 12.9. The summed E-state index contributed by atoms with van der Waals surface area (Å²) >= 11 is 6.27. The minimum Gasteiger partial charge on any atom is -0.489 e. The third kappa shape index (κ3) is 7.88. The van der Waals surface area contributed by atoms with Gasteiger partial charge in [0.2, 0.25) is 5.91 Å². The molecule has 36 heavy (non-hydrogen) atoms. The van der Waals surface area contributed by atoms with E-state index in [4.69, 9.17) is 21.1 Å². The number of likely N-dealkylation sites (tertiary alicyclic amines) is 1. The molecule has 1 heterocycles. The van der Waals surface area contributed by atoms with E-state index >= 15 is 0 Å². The predicted molar refractivity (Wildman–Crippen MR) is 138 cm³/mol. The van der Waals surface area contributed by atoms with Crippen LogP contribution < -0.4 is 15.4 Å². The molecule has 3 rings (SSSR count). The van der Waals surface area contributed by atoms with E-state index in [9.17, 15) is 14.4 Å². The number of piperidine rings is 1. The van der Waals surface area contributed by atoms with Crippen molar-refractivity contribution >= 4 is 29.5 Å². The van der Waals surface area contributed by atoms with Gasteiger partial charge in [0.1, 0.15) is 18.4 Å². The number of ether oxygens (including phenoxy) is 2. The zero-order chi connectivity index (χ0) is 26.1. The summed E-state index contributed by atoms with van der Waals surface area (Å²) in [4.78, 5) is 39.5. The van der Waals surface area contributed by atoms with E-state index in [1.807, 2.05) is 44.2 Å². The molecule has 1 saturated heterocycles. The lowest BCUT2D eigenvalue weighted by Gasteiger charge is -2.33. The lowest BCUT2D eigenvalue weighted by atomic mass is 9.90. The third-order valence-corrected chi connectivity index (χ3v) is 6.37. The topological polar surface area (TPSA) is 97.0 Å². The second-order valence-corrected chi connectivity index (χ2v) is 9.57. The van der Waals surface area contributed by atoms with Crippen molar-refractivity contribution in [1.29, 1.82) is 0 Å². The van der Waals surface area contributed by atoms with Crippen LogP contribution in [0.15, 0.2) is 48.5 Å². The van der Waals surface area contributed by atoms with Crippen LogP contribution in [0.2, 0.25) is 5.02 Å². The minimum atomic E-state index is -0.700. The van der Waals surface area contributed by atoms with Gasteiger partial charge in [0.15, 0.2) is 0 Å². The molecule has 194 valence electrons. The maximum Gasteiger partial charge on any atom is 0.410 e. The standard InChI is InChI=1S/C27H34ClN3O5/c1-18(2)36-24-10-9-21(16-22(24)28)25(32)30-23(26(33)29-3)15-19-11-13-31(14-12-19)27(34)35-17-20-7-5-4-6-8-20/h4-10,16,18-19,23H,11-15,17H2,1-3H3,(H,29,33)(H,30,32)/t23-/m0/s1. The molecule has 0 aromatic heterocycles. The molecule has 3 amide bonds. The number of carbonyl (C=O) groups excluding carboxylic acids is 3. The Balaban J connectivity index is 1.52. The molecule has 1 fully saturated rings. The molecule has 0 unspecified atom stereocenters. The molecule has 0 spiro atoms. The van der Waals surface area contributed by atoms with Crippen LogP contribution in [0.1, 0.15) is 49.0 Å². The number of hydrogen-bond donors (Lipinski definition) is 2. The van der Waals surface area contributed by atoms with E-state index in [1.54, 1.807) is 24.1 Å². The summed E-state index contributed by atoms with van der Waals surface area (Å²) in [7, 11) is 1.54. The molecule has 1 atom stereocenters. The number of amides is 3. The van der Waals surface area contributed by atoms with Gasteiger partial charge in [-0.25, -0.2) is 4.79 Å². The van der Waals surface area contributed by atoms with Gasteiger partial charge in [0.05, 0.1) is 11.1 Å². The number of nitrogens with one attached hydrogen (secondary N) is 2. The summed E-state index contributed by atoms with van der Waals surface area (Å²) in [6, 6.07) is 13.7. The number of halogens is 1. The van der Waals surface area contributed by atoms with Gasteiger partial charge in [-0.15, -0.1) is 0 Å². The molecule has 0 saturated carbocycles. The minimum absolute atomic E-state index is 0.0445. The van der Waals surface area contributed by atoms with Crippen molar-refractivity contribution in [3.8, 4) is 5.75 Å². The molecule has 1 aliphatic heterocycles. The van der Waals surface area contributed by atoms with Gasteiger partial charge < -0.3 is 25.0 Å². The average molecular weight is 516 g/mol. The summed E-state index contributed by atoms with van der Waals surface area (Å²) in [5.74, 6) is 0.0266. The first-order chi connectivity index (χ1) is 17.3. The molecule has 0 bridgehead atoms. The van der Waals surface area contributed by atoms with Gasteiger partial charge in [-0.05, 0) is 62.8 Å². The van der Waals surface area contributed by atoms with E-state index in [-0.39, 0.29) is 36.5 Å². The molecule has 9 heteroatoms. The van der Waals surface area contributed by atoms with Crippen LogP contribution in [0.4, 0.5) is 4.79 Å². The number of carbonyl (C=O) groups is 3. The third-order valence-electron chi connectivity index (χ3n) is 6.07. The summed E-state index contributed by atoms with van der Waals surface area (Å²) < 4.78 is 11.0. The largest absolute Gasteiger partial charge is 0.489 e. The van der Waals surface area contributed by atoms with E-state index in [1.165, 1.54) is 6.07 Å². The van der Waals surface area contributed by atoms with Crippen molar-refractivity contribution in [1.82, 2.24) is 15.5 Å². The first kappa shape index (κ1) is 27.3. The molecule has 0 radical (unpaired) electrons. The molecular weight excluding hydrogens is 482 g/mol.